The van der Waals surface area contributed by atoms with Crippen molar-refractivity contribution in [2.75, 3.05) is 29.4 Å². The van der Waals surface area contributed by atoms with E-state index in [9.17, 15) is 36.3 Å². The number of carbonyl (C=O) groups is 2. The van der Waals surface area contributed by atoms with E-state index in [1.807, 2.05) is 0 Å². The summed E-state index contributed by atoms with van der Waals surface area (Å²) in [5.41, 5.74) is -2.99. The zero-order valence-electron chi connectivity index (χ0n) is 26.9. The molecule has 15 heteroatoms. The molecule has 3 heterocycles. The number of hydrogen-bond acceptors (Lipinski definition) is 8. The highest BCUT2D eigenvalue weighted by molar-refractivity contribution is 7.92. The third-order valence-corrected chi connectivity index (χ3v) is 13.1. The number of amides is 1. The fraction of sp³-hybridized carbons (Fsp3) is 0.486. The maximum atomic E-state index is 14.7. The number of carbonyl (C=O) groups excluding carboxylic acids is 1. The molecule has 3 aromatic rings. The van der Waals surface area contributed by atoms with Gasteiger partial charge in [-0.1, -0.05) is 18.2 Å². The second kappa shape index (κ2) is 11.7. The fourth-order valence-electron chi connectivity index (χ4n) is 9.59. The first-order valence-electron chi connectivity index (χ1n) is 16.9. The Labute approximate surface area is 286 Å². The third-order valence-electron chi connectivity index (χ3n) is 11.7. The second-order valence-electron chi connectivity index (χ2n) is 14.5. The Morgan fingerprint density at radius 2 is 1.62 bits per heavy atom. The van der Waals surface area contributed by atoms with Crippen LogP contribution in [0.2, 0.25) is 0 Å². The van der Waals surface area contributed by atoms with Crippen molar-refractivity contribution in [1.29, 1.82) is 0 Å². The Morgan fingerprint density at radius 1 is 0.960 bits per heavy atom. The number of sulfonamides is 1. The molecule has 1 aromatic heterocycles. The van der Waals surface area contributed by atoms with Gasteiger partial charge in [0.25, 0.3) is 15.9 Å². The first kappa shape index (κ1) is 32.9. The summed E-state index contributed by atoms with van der Waals surface area (Å²) in [6, 6.07) is 12.7. The smallest absolute Gasteiger partial charge is 0.434 e. The Bertz CT molecular complexity index is 1940. The SMILES string of the molecule is O=C(NC1(C(=O)O)C2CC3CC(C2)CC1C3)c1cnc(N2CC3(CCOCC3)c3cc(NS(=O)(=O)c4ccccc4)ccc32)nc1C(F)(F)F. The largest absolute Gasteiger partial charge is 0.479 e. The van der Waals surface area contributed by atoms with Gasteiger partial charge in [-0.3, -0.25) is 9.52 Å². The lowest BCUT2D eigenvalue weighted by Crippen LogP contribution is -2.70. The Kier molecular flexibility index (Phi) is 7.68. The van der Waals surface area contributed by atoms with E-state index < -0.39 is 50.3 Å². The normalized spacial score (nSPS) is 28.0. The lowest BCUT2D eigenvalue weighted by Gasteiger charge is -2.59. The molecule has 4 bridgehead atoms. The zero-order valence-corrected chi connectivity index (χ0v) is 27.8. The summed E-state index contributed by atoms with van der Waals surface area (Å²) in [6.45, 7) is 1.00. The number of rotatable bonds is 7. The van der Waals surface area contributed by atoms with Crippen LogP contribution in [0.5, 0.6) is 0 Å². The van der Waals surface area contributed by atoms with Crippen LogP contribution in [0.25, 0.3) is 0 Å². The van der Waals surface area contributed by atoms with Crippen LogP contribution < -0.4 is 14.9 Å². The minimum absolute atomic E-state index is 0.0812. The molecule has 1 saturated heterocycles. The van der Waals surface area contributed by atoms with E-state index in [4.69, 9.17) is 4.74 Å². The number of carboxylic acid groups (broad SMARTS) is 1. The van der Waals surface area contributed by atoms with E-state index in [1.165, 1.54) is 18.2 Å². The average molecular weight is 712 g/mol. The monoisotopic (exact) mass is 711 g/mol. The van der Waals surface area contributed by atoms with E-state index >= 15 is 0 Å². The molecule has 6 aliphatic rings. The number of halogens is 3. The number of nitrogens with zero attached hydrogens (tertiary/aromatic N) is 3. The lowest BCUT2D eigenvalue weighted by molar-refractivity contribution is -0.163. The zero-order chi connectivity index (χ0) is 35.1. The number of benzene rings is 2. The molecule has 2 aliphatic heterocycles. The van der Waals surface area contributed by atoms with Crippen molar-refractivity contribution in [3.05, 3.63) is 71.5 Å². The molecule has 0 unspecified atom stereocenters. The van der Waals surface area contributed by atoms with Crippen LogP contribution in [-0.2, 0) is 31.1 Å². The van der Waals surface area contributed by atoms with Crippen molar-refractivity contribution in [2.45, 2.75) is 67.0 Å². The van der Waals surface area contributed by atoms with Crippen molar-refractivity contribution in [1.82, 2.24) is 15.3 Å². The Hall–Kier alpha value is -4.24. The van der Waals surface area contributed by atoms with E-state index in [-0.39, 0.29) is 29.2 Å². The number of alkyl halides is 3. The molecule has 11 nitrogen and oxygen atoms in total. The van der Waals surface area contributed by atoms with Crippen molar-refractivity contribution < 1.29 is 41.0 Å². The molecular weight excluding hydrogens is 675 g/mol. The molecule has 1 amide bonds. The highest BCUT2D eigenvalue weighted by Gasteiger charge is 2.62. The van der Waals surface area contributed by atoms with E-state index in [1.54, 1.807) is 35.2 Å². The van der Waals surface area contributed by atoms with Gasteiger partial charge in [0.15, 0.2) is 5.69 Å². The molecule has 4 aliphatic carbocycles. The summed E-state index contributed by atoms with van der Waals surface area (Å²) in [6.07, 6.45) is 0.360. The van der Waals surface area contributed by atoms with Gasteiger partial charge >= 0.3 is 12.1 Å². The second-order valence-corrected chi connectivity index (χ2v) is 16.2. The third kappa shape index (κ3) is 5.31. The van der Waals surface area contributed by atoms with Crippen LogP contribution >= 0.6 is 0 Å². The molecule has 1 spiro atoms. The average Bonchev–Trinajstić information content (AvgIpc) is 3.38. The van der Waals surface area contributed by atoms with Crippen LogP contribution in [-0.4, -0.2) is 60.7 Å². The summed E-state index contributed by atoms with van der Waals surface area (Å²) >= 11 is 0. The van der Waals surface area contributed by atoms with Crippen LogP contribution in [0.15, 0.2) is 59.6 Å². The minimum atomic E-state index is -5.05. The first-order valence-corrected chi connectivity index (χ1v) is 18.4. The van der Waals surface area contributed by atoms with Gasteiger partial charge < -0.3 is 20.1 Å². The summed E-state index contributed by atoms with van der Waals surface area (Å²) < 4.78 is 78.5. The number of anilines is 3. The van der Waals surface area contributed by atoms with Crippen molar-refractivity contribution in [2.24, 2.45) is 23.7 Å². The molecule has 0 radical (unpaired) electrons. The summed E-state index contributed by atoms with van der Waals surface area (Å²) in [4.78, 5) is 36.4. The molecule has 50 heavy (non-hydrogen) atoms. The standard InChI is InChI=1S/C35H36F3N5O6S/c36-35(37,38)29-26(30(44)41-34(31(45)46)22-13-20-12-21(15-22)16-23(34)14-20)18-39-32(40-29)43-19-33(8-10-49-11-9-33)27-17-24(6-7-28(27)43)42-50(47,48)25-4-2-1-3-5-25/h1-7,17-18,20-23,42H,8-16,19H2,(H,41,44)(H,45,46). The summed E-state index contributed by atoms with van der Waals surface area (Å²) in [7, 11) is -3.91. The van der Waals surface area contributed by atoms with E-state index in [0.29, 0.717) is 74.9 Å². The van der Waals surface area contributed by atoms with Crippen LogP contribution in [0.4, 0.5) is 30.5 Å². The highest BCUT2D eigenvalue weighted by atomic mass is 32.2. The van der Waals surface area contributed by atoms with Crippen LogP contribution in [0, 0.1) is 23.7 Å². The summed E-state index contributed by atoms with van der Waals surface area (Å²) in [5, 5.41) is 13.0. The topological polar surface area (TPSA) is 151 Å². The molecule has 3 N–H and O–H groups in total. The maximum absolute atomic E-state index is 14.7. The van der Waals surface area contributed by atoms with Gasteiger partial charge in [-0.15, -0.1) is 0 Å². The maximum Gasteiger partial charge on any atom is 0.434 e. The van der Waals surface area contributed by atoms with Gasteiger partial charge in [-0.05, 0) is 105 Å². The Balaban J connectivity index is 1.14. The number of ether oxygens (including phenoxy) is 1. The Morgan fingerprint density at radius 3 is 2.24 bits per heavy atom. The van der Waals surface area contributed by atoms with Gasteiger partial charge in [0.05, 0.1) is 10.5 Å². The van der Waals surface area contributed by atoms with Crippen molar-refractivity contribution in [3.8, 4) is 0 Å². The fourth-order valence-corrected chi connectivity index (χ4v) is 10.7. The highest BCUT2D eigenvalue weighted by Crippen LogP contribution is 2.58. The molecule has 9 rings (SSSR count). The minimum Gasteiger partial charge on any atom is -0.479 e. The predicted octanol–water partition coefficient (Wildman–Crippen LogP) is 5.51. The van der Waals surface area contributed by atoms with Gasteiger partial charge in [0.1, 0.15) is 5.54 Å². The quantitative estimate of drug-likeness (QED) is 0.289. The van der Waals surface area contributed by atoms with Gasteiger partial charge in [-0.25, -0.2) is 23.2 Å². The van der Waals surface area contributed by atoms with E-state index in [0.717, 1.165) is 18.2 Å². The molecule has 4 saturated carbocycles. The predicted molar refractivity (Wildman–Crippen MR) is 174 cm³/mol. The van der Waals surface area contributed by atoms with Crippen molar-refractivity contribution in [3.63, 3.8) is 0 Å². The van der Waals surface area contributed by atoms with E-state index in [2.05, 4.69) is 20.0 Å². The van der Waals surface area contributed by atoms with Gasteiger partial charge in [0.2, 0.25) is 5.95 Å². The molecule has 2 aromatic carbocycles. The lowest BCUT2D eigenvalue weighted by atomic mass is 9.48. The summed E-state index contributed by atoms with van der Waals surface area (Å²) in [5.74, 6) is -2.61. The van der Waals surface area contributed by atoms with Gasteiger partial charge in [0, 0.05) is 42.7 Å². The van der Waals surface area contributed by atoms with Crippen LogP contribution in [0.1, 0.15) is 66.6 Å². The number of carboxylic acids is 1. The number of aliphatic carboxylic acids is 1. The number of fused-ring (bicyclic) bond motifs is 2. The number of nitrogens with one attached hydrogen (secondary N) is 2. The number of aromatic nitrogens is 2. The molecular formula is C35H36F3N5O6S. The molecule has 5 fully saturated rings. The molecule has 0 atom stereocenters. The first-order chi connectivity index (χ1) is 23.8. The molecule has 264 valence electrons. The number of hydrogen-bond donors (Lipinski definition) is 3. The van der Waals surface area contributed by atoms with Crippen molar-refractivity contribution >= 4 is 39.2 Å². The van der Waals surface area contributed by atoms with Crippen LogP contribution in [0.3, 0.4) is 0 Å². The van der Waals surface area contributed by atoms with Gasteiger partial charge in [-0.2, -0.15) is 13.2 Å².